The predicted octanol–water partition coefficient (Wildman–Crippen LogP) is 3.72. The maximum atomic E-state index is 5.76. The van der Waals surface area contributed by atoms with E-state index < -0.39 is 0 Å². The van der Waals surface area contributed by atoms with Crippen molar-refractivity contribution in [2.24, 2.45) is 0 Å². The summed E-state index contributed by atoms with van der Waals surface area (Å²) in [4.78, 5) is 3.99. The molecule has 0 spiro atoms. The number of hydrogen-bond donors (Lipinski definition) is 1. The highest BCUT2D eigenvalue weighted by Crippen LogP contribution is 2.18. The van der Waals surface area contributed by atoms with E-state index in [1.165, 1.54) is 5.56 Å². The number of rotatable bonds is 7. The van der Waals surface area contributed by atoms with Crippen LogP contribution < -0.4 is 10.1 Å². The molecule has 1 unspecified atom stereocenters. The van der Waals surface area contributed by atoms with Crippen molar-refractivity contribution in [3.8, 4) is 5.75 Å². The van der Waals surface area contributed by atoms with Crippen molar-refractivity contribution < 1.29 is 4.74 Å². The van der Waals surface area contributed by atoms with Crippen molar-refractivity contribution in [2.45, 2.75) is 32.9 Å². The smallest absolute Gasteiger partial charge is 0.119 e. The first-order valence-corrected chi connectivity index (χ1v) is 7.14. The van der Waals surface area contributed by atoms with Gasteiger partial charge in [0.2, 0.25) is 0 Å². The topological polar surface area (TPSA) is 34.1 Å². The number of nitrogens with zero attached hydrogens (tertiary/aromatic N) is 1. The SMILES string of the molecule is CCCNC(C)c1ccc(OCc2ccncc2)cc1. The zero-order valence-corrected chi connectivity index (χ0v) is 12.2. The van der Waals surface area contributed by atoms with Gasteiger partial charge in [0.1, 0.15) is 12.4 Å². The van der Waals surface area contributed by atoms with Crippen LogP contribution in [0.4, 0.5) is 0 Å². The van der Waals surface area contributed by atoms with E-state index in [0.717, 1.165) is 24.3 Å². The number of ether oxygens (including phenoxy) is 1. The van der Waals surface area contributed by atoms with Gasteiger partial charge in [0.05, 0.1) is 0 Å². The van der Waals surface area contributed by atoms with Gasteiger partial charge in [-0.15, -0.1) is 0 Å². The van der Waals surface area contributed by atoms with E-state index in [2.05, 4.69) is 36.3 Å². The van der Waals surface area contributed by atoms with Crippen LogP contribution in [-0.2, 0) is 6.61 Å². The summed E-state index contributed by atoms with van der Waals surface area (Å²) >= 11 is 0. The van der Waals surface area contributed by atoms with Crippen LogP contribution in [0.15, 0.2) is 48.8 Å². The molecule has 0 amide bonds. The maximum Gasteiger partial charge on any atom is 0.119 e. The van der Waals surface area contributed by atoms with Gasteiger partial charge in [-0.25, -0.2) is 0 Å². The number of nitrogens with one attached hydrogen (secondary N) is 1. The fourth-order valence-corrected chi connectivity index (χ4v) is 1.98. The molecule has 2 aromatic rings. The molecule has 0 aliphatic rings. The molecular formula is C17H22N2O. The molecule has 3 heteroatoms. The van der Waals surface area contributed by atoms with Crippen LogP contribution in [0.5, 0.6) is 5.75 Å². The lowest BCUT2D eigenvalue weighted by molar-refractivity contribution is 0.306. The Morgan fingerprint density at radius 3 is 2.45 bits per heavy atom. The Morgan fingerprint density at radius 1 is 1.10 bits per heavy atom. The first-order chi connectivity index (χ1) is 9.79. The zero-order chi connectivity index (χ0) is 14.2. The third-order valence-electron chi connectivity index (χ3n) is 3.24. The monoisotopic (exact) mass is 270 g/mol. The van der Waals surface area contributed by atoms with E-state index >= 15 is 0 Å². The second-order valence-electron chi connectivity index (χ2n) is 4.89. The van der Waals surface area contributed by atoms with E-state index in [9.17, 15) is 0 Å². The summed E-state index contributed by atoms with van der Waals surface area (Å²) in [6, 6.07) is 12.6. The Bertz CT molecular complexity index is 496. The minimum atomic E-state index is 0.379. The van der Waals surface area contributed by atoms with E-state index in [1.54, 1.807) is 12.4 Å². The summed E-state index contributed by atoms with van der Waals surface area (Å²) in [6.45, 7) is 5.98. The normalized spacial score (nSPS) is 12.1. The van der Waals surface area contributed by atoms with E-state index in [0.29, 0.717) is 12.6 Å². The van der Waals surface area contributed by atoms with Crippen LogP contribution in [0, 0.1) is 0 Å². The van der Waals surface area contributed by atoms with Crippen molar-refractivity contribution >= 4 is 0 Å². The second kappa shape index (κ2) is 7.65. The number of hydrogen-bond acceptors (Lipinski definition) is 3. The maximum absolute atomic E-state index is 5.76. The van der Waals surface area contributed by atoms with Gasteiger partial charge >= 0.3 is 0 Å². The third-order valence-corrected chi connectivity index (χ3v) is 3.24. The number of aromatic nitrogens is 1. The summed E-state index contributed by atoms with van der Waals surface area (Å²) < 4.78 is 5.76. The van der Waals surface area contributed by atoms with Gasteiger partial charge in [-0.3, -0.25) is 4.98 Å². The van der Waals surface area contributed by atoms with Crippen LogP contribution in [-0.4, -0.2) is 11.5 Å². The summed E-state index contributed by atoms with van der Waals surface area (Å²) in [5, 5.41) is 3.48. The Hall–Kier alpha value is -1.87. The summed E-state index contributed by atoms with van der Waals surface area (Å²) in [5.74, 6) is 0.897. The largest absolute Gasteiger partial charge is 0.489 e. The van der Waals surface area contributed by atoms with Crippen LogP contribution >= 0.6 is 0 Å². The number of pyridine rings is 1. The van der Waals surface area contributed by atoms with Crippen LogP contribution in [0.25, 0.3) is 0 Å². The van der Waals surface area contributed by atoms with Gasteiger partial charge in [-0.1, -0.05) is 19.1 Å². The molecule has 0 aliphatic heterocycles. The molecule has 0 bridgehead atoms. The van der Waals surface area contributed by atoms with Gasteiger partial charge in [-0.2, -0.15) is 0 Å². The highest BCUT2D eigenvalue weighted by molar-refractivity contribution is 5.29. The fourth-order valence-electron chi connectivity index (χ4n) is 1.98. The van der Waals surface area contributed by atoms with Crippen molar-refractivity contribution in [1.82, 2.24) is 10.3 Å². The molecule has 0 saturated heterocycles. The predicted molar refractivity (Wildman–Crippen MR) is 81.7 cm³/mol. The molecule has 0 radical (unpaired) electrons. The summed E-state index contributed by atoms with van der Waals surface area (Å²) in [6.07, 6.45) is 4.71. The third kappa shape index (κ3) is 4.35. The van der Waals surface area contributed by atoms with Crippen molar-refractivity contribution in [2.75, 3.05) is 6.54 Å². The van der Waals surface area contributed by atoms with E-state index in [4.69, 9.17) is 4.74 Å². The molecule has 106 valence electrons. The van der Waals surface area contributed by atoms with Gasteiger partial charge < -0.3 is 10.1 Å². The Balaban J connectivity index is 1.88. The van der Waals surface area contributed by atoms with Crippen molar-refractivity contribution in [1.29, 1.82) is 0 Å². The number of benzene rings is 1. The van der Waals surface area contributed by atoms with Gasteiger partial charge in [0.15, 0.2) is 0 Å². The highest BCUT2D eigenvalue weighted by Gasteiger charge is 2.04. The van der Waals surface area contributed by atoms with Crippen LogP contribution in [0.3, 0.4) is 0 Å². The zero-order valence-electron chi connectivity index (χ0n) is 12.2. The van der Waals surface area contributed by atoms with E-state index in [1.807, 2.05) is 24.3 Å². The highest BCUT2D eigenvalue weighted by atomic mass is 16.5. The average molecular weight is 270 g/mol. The Morgan fingerprint density at radius 2 is 1.80 bits per heavy atom. The molecule has 1 aromatic carbocycles. The molecule has 0 aliphatic carbocycles. The lowest BCUT2D eigenvalue weighted by atomic mass is 10.1. The first-order valence-electron chi connectivity index (χ1n) is 7.14. The molecule has 1 aromatic heterocycles. The first kappa shape index (κ1) is 14.5. The second-order valence-corrected chi connectivity index (χ2v) is 4.89. The molecule has 1 atom stereocenters. The molecule has 3 nitrogen and oxygen atoms in total. The molecule has 1 heterocycles. The minimum Gasteiger partial charge on any atom is -0.489 e. The van der Waals surface area contributed by atoms with E-state index in [-0.39, 0.29) is 0 Å². The lowest BCUT2D eigenvalue weighted by Gasteiger charge is -2.14. The molecule has 1 N–H and O–H groups in total. The van der Waals surface area contributed by atoms with Gasteiger partial charge in [0.25, 0.3) is 0 Å². The quantitative estimate of drug-likeness (QED) is 0.832. The lowest BCUT2D eigenvalue weighted by Crippen LogP contribution is -2.19. The molecule has 2 rings (SSSR count). The van der Waals surface area contributed by atoms with Crippen LogP contribution in [0.1, 0.15) is 37.4 Å². The Labute approximate surface area is 121 Å². The van der Waals surface area contributed by atoms with Crippen molar-refractivity contribution in [3.05, 3.63) is 59.9 Å². The average Bonchev–Trinajstić information content (AvgIpc) is 2.52. The fraction of sp³-hybridized carbons (Fsp3) is 0.353. The van der Waals surface area contributed by atoms with Crippen LogP contribution in [0.2, 0.25) is 0 Å². The molecule has 0 saturated carbocycles. The van der Waals surface area contributed by atoms with Crippen molar-refractivity contribution in [3.63, 3.8) is 0 Å². The molecule has 0 fully saturated rings. The standard InChI is InChI=1S/C17H22N2O/c1-3-10-19-14(2)16-4-6-17(7-5-16)20-13-15-8-11-18-12-9-15/h4-9,11-12,14,19H,3,10,13H2,1-2H3. The summed E-state index contributed by atoms with van der Waals surface area (Å²) in [5.41, 5.74) is 2.41. The van der Waals surface area contributed by atoms with Gasteiger partial charge in [-0.05, 0) is 55.3 Å². The minimum absolute atomic E-state index is 0.379. The molecule has 20 heavy (non-hydrogen) atoms. The Kier molecular flexibility index (Phi) is 5.56. The molecular weight excluding hydrogens is 248 g/mol. The van der Waals surface area contributed by atoms with Gasteiger partial charge in [0, 0.05) is 18.4 Å². The summed E-state index contributed by atoms with van der Waals surface area (Å²) in [7, 11) is 0.